The minimum atomic E-state index is -0.693. The Morgan fingerprint density at radius 3 is 2.50 bits per heavy atom. The number of hydrogen-bond donors (Lipinski definition) is 1. The molecule has 0 heterocycles. The van der Waals surface area contributed by atoms with Crippen molar-refractivity contribution in [2.24, 2.45) is 0 Å². The number of halogens is 1. The Balaban J connectivity index is 0.00000225. The van der Waals surface area contributed by atoms with Crippen LogP contribution < -0.4 is 5.30 Å². The van der Waals surface area contributed by atoms with E-state index in [4.69, 9.17) is 5.11 Å². The molecule has 0 aliphatic carbocycles. The van der Waals surface area contributed by atoms with E-state index in [1.807, 2.05) is 12.1 Å². The Hall–Kier alpha value is -0.400. The number of aliphatic carboxylic acids is 1. The van der Waals surface area contributed by atoms with Gasteiger partial charge in [0.15, 0.2) is 0 Å². The van der Waals surface area contributed by atoms with Crippen molar-refractivity contribution >= 4 is 37.5 Å². The third kappa shape index (κ3) is 6.24. The zero-order valence-electron chi connectivity index (χ0n) is 9.19. The maximum atomic E-state index is 10.3. The molecule has 0 saturated carbocycles. The average Bonchev–Trinajstić information content (AvgIpc) is 2.20. The van der Waals surface area contributed by atoms with Gasteiger partial charge in [0.1, 0.15) is 0 Å². The summed E-state index contributed by atoms with van der Waals surface area (Å²) in [5.41, 5.74) is 1.35. The summed E-state index contributed by atoms with van der Waals surface area (Å²) in [4.78, 5) is 10.3. The van der Waals surface area contributed by atoms with E-state index in [0.29, 0.717) is 6.42 Å². The second kappa shape index (κ2) is 8.72. The highest BCUT2D eigenvalue weighted by Crippen LogP contribution is 2.08. The van der Waals surface area contributed by atoms with Crippen molar-refractivity contribution in [3.63, 3.8) is 0 Å². The lowest BCUT2D eigenvalue weighted by molar-refractivity contribution is -0.137. The quantitative estimate of drug-likeness (QED) is 0.648. The fourth-order valence-electron chi connectivity index (χ4n) is 1.53. The first kappa shape index (κ1) is 15.6. The van der Waals surface area contributed by atoms with Crippen molar-refractivity contribution in [2.45, 2.75) is 32.1 Å². The first-order valence-electron chi connectivity index (χ1n) is 5.25. The molecule has 90 valence electrons. The van der Waals surface area contributed by atoms with Crippen LogP contribution in [0, 0.1) is 0 Å². The van der Waals surface area contributed by atoms with Gasteiger partial charge in [-0.15, -0.1) is 26.2 Å². The third-order valence-electron chi connectivity index (χ3n) is 2.39. The van der Waals surface area contributed by atoms with Gasteiger partial charge in [-0.2, -0.15) is 0 Å². The molecule has 0 radical (unpaired) electrons. The van der Waals surface area contributed by atoms with Gasteiger partial charge >= 0.3 is 5.97 Å². The maximum Gasteiger partial charge on any atom is 0.303 e. The lowest BCUT2D eigenvalue weighted by atomic mass is 10.1. The number of carboxylic acids is 1. The number of hydrogen-bond acceptors (Lipinski definition) is 1. The van der Waals surface area contributed by atoms with Crippen molar-refractivity contribution in [1.29, 1.82) is 0 Å². The molecule has 16 heavy (non-hydrogen) atoms. The Bertz CT molecular complexity index is 329. The molecule has 1 unspecified atom stereocenters. The minimum absolute atomic E-state index is 0. The predicted molar refractivity (Wildman–Crippen MR) is 75.9 cm³/mol. The Labute approximate surface area is 109 Å². The smallest absolute Gasteiger partial charge is 0.303 e. The second-order valence-corrected chi connectivity index (χ2v) is 4.28. The van der Waals surface area contributed by atoms with E-state index >= 15 is 0 Å². The van der Waals surface area contributed by atoms with E-state index in [0.717, 1.165) is 25.7 Å². The van der Waals surface area contributed by atoms with Crippen molar-refractivity contribution in [1.82, 2.24) is 0 Å². The van der Waals surface area contributed by atoms with E-state index in [9.17, 15) is 4.79 Å². The van der Waals surface area contributed by atoms with E-state index in [1.165, 1.54) is 10.9 Å². The van der Waals surface area contributed by atoms with Crippen LogP contribution in [0.5, 0.6) is 0 Å². The molecule has 4 heteroatoms. The molecule has 1 atom stereocenters. The van der Waals surface area contributed by atoms with Crippen molar-refractivity contribution < 1.29 is 9.90 Å². The zero-order valence-corrected chi connectivity index (χ0v) is 12.1. The van der Waals surface area contributed by atoms with E-state index < -0.39 is 5.97 Å². The molecule has 1 rings (SSSR count). The first-order chi connectivity index (χ1) is 7.20. The highest BCUT2D eigenvalue weighted by Gasteiger charge is 1.99. The van der Waals surface area contributed by atoms with Crippen LogP contribution in [0.1, 0.15) is 31.2 Å². The molecule has 0 amide bonds. The number of rotatable bonds is 6. The standard InChI is InChI=1S/C12H17O2P.BrH/c13-12(14)9-3-1-2-6-10-7-4-5-8-11(10)15;/h4-5,7-8H,1-3,6,9,15H2,(H,13,14);1H. The number of unbranched alkanes of at least 4 members (excludes halogenated alkanes) is 2. The van der Waals surface area contributed by atoms with Crippen LogP contribution in [0.15, 0.2) is 24.3 Å². The highest BCUT2D eigenvalue weighted by molar-refractivity contribution is 8.93. The predicted octanol–water partition coefficient (Wildman–Crippen LogP) is 2.95. The van der Waals surface area contributed by atoms with Gasteiger partial charge in [0, 0.05) is 6.42 Å². The fraction of sp³-hybridized carbons (Fsp3) is 0.417. The molecule has 0 fully saturated rings. The lowest BCUT2D eigenvalue weighted by Crippen LogP contribution is -2.01. The van der Waals surface area contributed by atoms with Crippen LogP contribution in [0.25, 0.3) is 0 Å². The second-order valence-electron chi connectivity index (χ2n) is 3.65. The van der Waals surface area contributed by atoms with Crippen LogP contribution in [0.3, 0.4) is 0 Å². The van der Waals surface area contributed by atoms with Gasteiger partial charge in [-0.05, 0) is 30.1 Å². The molecular formula is C12H18BrO2P. The van der Waals surface area contributed by atoms with Gasteiger partial charge in [0.05, 0.1) is 0 Å². The largest absolute Gasteiger partial charge is 0.481 e. The number of benzene rings is 1. The van der Waals surface area contributed by atoms with Gasteiger partial charge in [0.2, 0.25) is 0 Å². The van der Waals surface area contributed by atoms with E-state index in [1.54, 1.807) is 0 Å². The molecule has 2 nitrogen and oxygen atoms in total. The first-order valence-corrected chi connectivity index (χ1v) is 5.83. The average molecular weight is 305 g/mol. The van der Waals surface area contributed by atoms with Gasteiger partial charge in [-0.1, -0.05) is 30.7 Å². The molecule has 1 aromatic carbocycles. The summed E-state index contributed by atoms with van der Waals surface area (Å²) < 4.78 is 0. The molecule has 1 aromatic rings. The summed E-state index contributed by atoms with van der Waals surface area (Å²) in [5, 5.41) is 9.72. The summed E-state index contributed by atoms with van der Waals surface area (Å²) in [6.07, 6.45) is 4.18. The monoisotopic (exact) mass is 304 g/mol. The summed E-state index contributed by atoms with van der Waals surface area (Å²) >= 11 is 0. The number of carboxylic acid groups (broad SMARTS) is 1. The molecule has 0 aromatic heterocycles. The van der Waals surface area contributed by atoms with Crippen molar-refractivity contribution in [2.75, 3.05) is 0 Å². The summed E-state index contributed by atoms with van der Waals surface area (Å²) in [6.45, 7) is 0. The molecule has 0 aliphatic heterocycles. The zero-order chi connectivity index (χ0) is 11.1. The maximum absolute atomic E-state index is 10.3. The number of aryl methyl sites for hydroxylation is 1. The highest BCUT2D eigenvalue weighted by atomic mass is 79.9. The van der Waals surface area contributed by atoms with Crippen LogP contribution in [0.2, 0.25) is 0 Å². The molecule has 0 bridgehead atoms. The minimum Gasteiger partial charge on any atom is -0.481 e. The fourth-order valence-corrected chi connectivity index (χ4v) is 1.88. The van der Waals surface area contributed by atoms with Crippen molar-refractivity contribution in [3.05, 3.63) is 29.8 Å². The summed E-state index contributed by atoms with van der Waals surface area (Å²) in [7, 11) is 2.73. The summed E-state index contributed by atoms with van der Waals surface area (Å²) in [5.74, 6) is -0.693. The normalized spacial score (nSPS) is 9.56. The van der Waals surface area contributed by atoms with Crippen LogP contribution >= 0.6 is 26.2 Å². The SMILES string of the molecule is Br.O=C(O)CCCCCc1ccccc1P. The van der Waals surface area contributed by atoms with Crippen LogP contribution in [0.4, 0.5) is 0 Å². The number of carbonyl (C=O) groups is 1. The van der Waals surface area contributed by atoms with E-state index in [2.05, 4.69) is 21.4 Å². The van der Waals surface area contributed by atoms with Gasteiger partial charge in [-0.25, -0.2) is 0 Å². The van der Waals surface area contributed by atoms with Gasteiger partial charge < -0.3 is 5.11 Å². The van der Waals surface area contributed by atoms with Gasteiger partial charge in [-0.3, -0.25) is 4.79 Å². The van der Waals surface area contributed by atoms with Gasteiger partial charge in [0.25, 0.3) is 0 Å². The Morgan fingerprint density at radius 2 is 1.88 bits per heavy atom. The van der Waals surface area contributed by atoms with Crippen LogP contribution in [-0.4, -0.2) is 11.1 Å². The third-order valence-corrected chi connectivity index (χ3v) is 2.96. The molecule has 1 N–H and O–H groups in total. The van der Waals surface area contributed by atoms with E-state index in [-0.39, 0.29) is 17.0 Å². The van der Waals surface area contributed by atoms with Crippen LogP contribution in [-0.2, 0) is 11.2 Å². The molecule has 0 saturated heterocycles. The molecule has 0 spiro atoms. The lowest BCUT2D eigenvalue weighted by Gasteiger charge is -2.04. The molecule has 0 aliphatic rings. The molecular weight excluding hydrogens is 287 g/mol. The Morgan fingerprint density at radius 1 is 1.19 bits per heavy atom. The van der Waals surface area contributed by atoms with Crippen molar-refractivity contribution in [3.8, 4) is 0 Å². The Kier molecular flexibility index (Phi) is 8.50. The summed E-state index contributed by atoms with van der Waals surface area (Å²) in [6, 6.07) is 8.27. The topological polar surface area (TPSA) is 37.3 Å².